The number of carbonyl (C=O) groups excluding carboxylic acids is 1. The predicted molar refractivity (Wildman–Crippen MR) is 86.6 cm³/mol. The average Bonchev–Trinajstić information content (AvgIpc) is 2.48. The van der Waals surface area contributed by atoms with Crippen LogP contribution in [0.4, 0.5) is 8.78 Å². The first kappa shape index (κ1) is 17.4. The van der Waals surface area contributed by atoms with Crippen molar-refractivity contribution in [2.75, 3.05) is 7.11 Å². The van der Waals surface area contributed by atoms with Crippen LogP contribution >= 0.6 is 15.9 Å². The predicted octanol–water partition coefficient (Wildman–Crippen LogP) is 4.97. The maximum absolute atomic E-state index is 14.0. The summed E-state index contributed by atoms with van der Waals surface area (Å²) in [5.74, 6) is -1.65. The smallest absolute Gasteiger partial charge is 0.341 e. The summed E-state index contributed by atoms with van der Waals surface area (Å²) in [6.07, 6.45) is -0.189. The van der Waals surface area contributed by atoms with Crippen molar-refractivity contribution in [1.29, 1.82) is 0 Å². The lowest BCUT2D eigenvalue weighted by atomic mass is 10.0. The van der Waals surface area contributed by atoms with Gasteiger partial charge in [0, 0.05) is 21.7 Å². The lowest BCUT2D eigenvalue weighted by Crippen LogP contribution is -2.11. The lowest BCUT2D eigenvalue weighted by molar-refractivity contribution is 0.0594. The van der Waals surface area contributed by atoms with E-state index in [4.69, 9.17) is 9.47 Å². The van der Waals surface area contributed by atoms with Gasteiger partial charge in [-0.05, 0) is 38.1 Å². The van der Waals surface area contributed by atoms with Gasteiger partial charge in [-0.2, -0.15) is 0 Å². The molecule has 2 aromatic carbocycles. The summed E-state index contributed by atoms with van der Waals surface area (Å²) in [5, 5.41) is 0. The van der Waals surface area contributed by atoms with Crippen molar-refractivity contribution in [3.8, 4) is 16.9 Å². The topological polar surface area (TPSA) is 35.5 Å². The molecule has 0 aliphatic rings. The van der Waals surface area contributed by atoms with Gasteiger partial charge in [0.15, 0.2) is 0 Å². The summed E-state index contributed by atoms with van der Waals surface area (Å²) in [7, 11) is 1.27. The maximum atomic E-state index is 14.0. The number of ether oxygens (including phenoxy) is 2. The van der Waals surface area contributed by atoms with Crippen molar-refractivity contribution in [1.82, 2.24) is 0 Å². The molecule has 0 fully saturated rings. The number of methoxy groups -OCH3 is 1. The summed E-state index contributed by atoms with van der Waals surface area (Å²) in [6.45, 7) is 3.61. The minimum absolute atomic E-state index is 0.189. The molecule has 3 nitrogen and oxygen atoms in total. The van der Waals surface area contributed by atoms with E-state index in [2.05, 4.69) is 15.9 Å². The van der Waals surface area contributed by atoms with Crippen molar-refractivity contribution in [2.24, 2.45) is 0 Å². The molecule has 0 radical (unpaired) electrons. The van der Waals surface area contributed by atoms with Gasteiger partial charge in [-0.3, -0.25) is 0 Å². The van der Waals surface area contributed by atoms with E-state index >= 15 is 0 Å². The second kappa shape index (κ2) is 7.08. The minimum Gasteiger partial charge on any atom is -0.490 e. The highest BCUT2D eigenvalue weighted by atomic mass is 79.9. The van der Waals surface area contributed by atoms with Gasteiger partial charge in [-0.1, -0.05) is 15.9 Å². The van der Waals surface area contributed by atoms with Crippen LogP contribution in [0, 0.1) is 11.6 Å². The molecule has 0 aliphatic heterocycles. The number of rotatable bonds is 4. The molecule has 0 bridgehead atoms. The Hall–Kier alpha value is -1.95. The number of halogens is 3. The minimum atomic E-state index is -0.702. The number of benzene rings is 2. The van der Waals surface area contributed by atoms with Gasteiger partial charge < -0.3 is 9.47 Å². The molecule has 0 saturated carbocycles. The van der Waals surface area contributed by atoms with Crippen LogP contribution in [0.1, 0.15) is 24.2 Å². The van der Waals surface area contributed by atoms with Gasteiger partial charge in [0.2, 0.25) is 0 Å². The molecule has 0 heterocycles. The van der Waals surface area contributed by atoms with Gasteiger partial charge in [0.25, 0.3) is 0 Å². The Morgan fingerprint density at radius 1 is 1.13 bits per heavy atom. The molecule has 23 heavy (non-hydrogen) atoms. The third-order valence-electron chi connectivity index (χ3n) is 3.06. The van der Waals surface area contributed by atoms with Crippen LogP contribution < -0.4 is 4.74 Å². The fraction of sp³-hybridized carbons (Fsp3) is 0.235. The largest absolute Gasteiger partial charge is 0.490 e. The maximum Gasteiger partial charge on any atom is 0.341 e. The Kier molecular flexibility index (Phi) is 5.36. The quantitative estimate of drug-likeness (QED) is 0.698. The highest BCUT2D eigenvalue weighted by Gasteiger charge is 2.19. The van der Waals surface area contributed by atoms with Gasteiger partial charge in [-0.15, -0.1) is 0 Å². The third-order valence-corrected chi connectivity index (χ3v) is 3.71. The number of hydrogen-bond acceptors (Lipinski definition) is 3. The SMILES string of the molecule is COC(=O)c1cc(Br)c(-c2ccc(F)cc2F)cc1OC(C)C. The standard InChI is InChI=1S/C17H15BrF2O3/c1-9(2)23-16-8-12(11-5-4-10(19)6-15(11)20)14(18)7-13(16)17(21)22-3/h4-9H,1-3H3. The van der Waals surface area contributed by atoms with Crippen LogP contribution in [0.15, 0.2) is 34.8 Å². The van der Waals surface area contributed by atoms with Crippen LogP contribution in [0.25, 0.3) is 11.1 Å². The van der Waals surface area contributed by atoms with Crippen LogP contribution in [0.5, 0.6) is 5.75 Å². The molecule has 0 spiro atoms. The molecule has 6 heteroatoms. The van der Waals surface area contributed by atoms with Crippen molar-refractivity contribution in [2.45, 2.75) is 20.0 Å². The van der Waals surface area contributed by atoms with E-state index in [1.165, 1.54) is 31.4 Å². The van der Waals surface area contributed by atoms with Gasteiger partial charge in [-0.25, -0.2) is 13.6 Å². The Labute approximate surface area is 141 Å². The first-order valence-corrected chi connectivity index (χ1v) is 7.66. The van der Waals surface area contributed by atoms with Crippen molar-refractivity contribution in [3.05, 3.63) is 52.0 Å². The molecule has 0 atom stereocenters. The van der Waals surface area contributed by atoms with Crippen LogP contribution in [-0.2, 0) is 4.74 Å². The van der Waals surface area contributed by atoms with Gasteiger partial charge in [0.1, 0.15) is 22.9 Å². The van der Waals surface area contributed by atoms with E-state index in [0.29, 0.717) is 10.0 Å². The van der Waals surface area contributed by atoms with Crippen LogP contribution in [0.3, 0.4) is 0 Å². The normalized spacial score (nSPS) is 10.7. The number of hydrogen-bond donors (Lipinski definition) is 0. The molecule has 122 valence electrons. The monoisotopic (exact) mass is 384 g/mol. The summed E-state index contributed by atoms with van der Waals surface area (Å²) in [5.41, 5.74) is 0.869. The van der Waals surface area contributed by atoms with Crippen LogP contribution in [-0.4, -0.2) is 19.2 Å². The highest BCUT2D eigenvalue weighted by molar-refractivity contribution is 9.10. The molecule has 0 N–H and O–H groups in total. The highest BCUT2D eigenvalue weighted by Crippen LogP contribution is 2.36. The molecule has 0 amide bonds. The Balaban J connectivity index is 2.63. The first-order valence-electron chi connectivity index (χ1n) is 6.87. The fourth-order valence-corrected chi connectivity index (χ4v) is 2.65. The Morgan fingerprint density at radius 2 is 1.83 bits per heavy atom. The van der Waals surface area contributed by atoms with Gasteiger partial charge >= 0.3 is 5.97 Å². The molecule has 2 aromatic rings. The summed E-state index contributed by atoms with van der Waals surface area (Å²) in [4.78, 5) is 11.9. The second-order valence-corrected chi connectivity index (χ2v) is 5.96. The van der Waals surface area contributed by atoms with Gasteiger partial charge in [0.05, 0.1) is 13.2 Å². The summed E-state index contributed by atoms with van der Waals surface area (Å²) < 4.78 is 38.0. The molecule has 0 unspecified atom stereocenters. The first-order chi connectivity index (χ1) is 10.8. The summed E-state index contributed by atoms with van der Waals surface area (Å²) in [6, 6.07) is 6.34. The average molecular weight is 385 g/mol. The van der Waals surface area contributed by atoms with Crippen molar-refractivity contribution >= 4 is 21.9 Å². The zero-order chi connectivity index (χ0) is 17.1. The lowest BCUT2D eigenvalue weighted by Gasteiger charge is -2.16. The molecule has 2 rings (SSSR count). The molecule has 0 aliphatic carbocycles. The summed E-state index contributed by atoms with van der Waals surface area (Å²) >= 11 is 3.31. The number of carbonyl (C=O) groups is 1. The molecule has 0 saturated heterocycles. The molecule has 0 aromatic heterocycles. The van der Waals surface area contributed by atoms with E-state index in [0.717, 1.165) is 6.07 Å². The van der Waals surface area contributed by atoms with E-state index in [-0.39, 0.29) is 23.0 Å². The second-order valence-electron chi connectivity index (χ2n) is 5.11. The van der Waals surface area contributed by atoms with E-state index in [9.17, 15) is 13.6 Å². The zero-order valence-corrected chi connectivity index (χ0v) is 14.4. The van der Waals surface area contributed by atoms with E-state index in [1.807, 2.05) is 0 Å². The van der Waals surface area contributed by atoms with Crippen molar-refractivity contribution < 1.29 is 23.0 Å². The third kappa shape index (κ3) is 3.88. The van der Waals surface area contributed by atoms with E-state index in [1.54, 1.807) is 13.8 Å². The van der Waals surface area contributed by atoms with E-state index < -0.39 is 17.6 Å². The number of esters is 1. The zero-order valence-electron chi connectivity index (χ0n) is 12.8. The molecular weight excluding hydrogens is 370 g/mol. The van der Waals surface area contributed by atoms with Crippen LogP contribution in [0.2, 0.25) is 0 Å². The Morgan fingerprint density at radius 3 is 2.39 bits per heavy atom. The fourth-order valence-electron chi connectivity index (χ4n) is 2.09. The molecular formula is C17H15BrF2O3. The van der Waals surface area contributed by atoms with Crippen molar-refractivity contribution in [3.63, 3.8) is 0 Å². The Bertz CT molecular complexity index is 745.